The van der Waals surface area contributed by atoms with Crippen molar-refractivity contribution in [3.05, 3.63) is 24.3 Å². The van der Waals surface area contributed by atoms with E-state index in [1.54, 1.807) is 18.2 Å². The summed E-state index contributed by atoms with van der Waals surface area (Å²) in [4.78, 5) is 10.5. The van der Waals surface area contributed by atoms with Crippen LogP contribution in [0.5, 0.6) is 5.75 Å². The molecule has 0 radical (unpaired) electrons. The molecule has 0 aliphatic carbocycles. The van der Waals surface area contributed by atoms with Gasteiger partial charge >= 0.3 is 29.6 Å². The first-order valence-corrected chi connectivity index (χ1v) is 3.26. The van der Waals surface area contributed by atoms with Gasteiger partial charge in [0.1, 0.15) is 5.75 Å². The van der Waals surface area contributed by atoms with Gasteiger partial charge in [0.05, 0.1) is 5.69 Å². The normalized spacial score (nSPS) is 8.42. The predicted octanol–water partition coefficient (Wildman–Crippen LogP) is 0.702. The molecule has 0 saturated carbocycles. The van der Waals surface area contributed by atoms with Gasteiger partial charge in [-0.1, -0.05) is 12.1 Å². The van der Waals surface area contributed by atoms with Gasteiger partial charge < -0.3 is 10.4 Å². The standard InChI is InChI=1S/C8H9NO2.Na.H/c1-6(10)9-7-4-2-3-5-8(7)11;;/h2-5,11H,1H3,(H,9,10);;. The molecule has 0 atom stereocenters. The zero-order valence-corrected chi connectivity index (χ0v) is 6.16. The van der Waals surface area contributed by atoms with Crippen LogP contribution in [0, 0.1) is 0 Å². The van der Waals surface area contributed by atoms with E-state index in [2.05, 4.69) is 5.32 Å². The Bertz CT molecular complexity index is 276. The average Bonchev–Trinajstić information content (AvgIpc) is 1.93. The van der Waals surface area contributed by atoms with Gasteiger partial charge in [0, 0.05) is 6.92 Å². The number of anilines is 1. The minimum atomic E-state index is -0.188. The van der Waals surface area contributed by atoms with Crippen LogP contribution in [0.1, 0.15) is 6.92 Å². The summed E-state index contributed by atoms with van der Waals surface area (Å²) in [6.45, 7) is 1.40. The van der Waals surface area contributed by atoms with Crippen molar-refractivity contribution in [3.8, 4) is 5.75 Å². The van der Waals surface area contributed by atoms with Crippen LogP contribution in [0.25, 0.3) is 0 Å². The Morgan fingerprint density at radius 1 is 1.42 bits per heavy atom. The number of nitrogens with one attached hydrogen (secondary N) is 1. The SMILES string of the molecule is CC(=O)Nc1ccccc1O.[NaH]. The van der Waals surface area contributed by atoms with Crippen molar-refractivity contribution in [2.75, 3.05) is 5.32 Å². The molecular weight excluding hydrogens is 165 g/mol. The summed E-state index contributed by atoms with van der Waals surface area (Å²) in [5.41, 5.74) is 0.444. The molecule has 12 heavy (non-hydrogen) atoms. The molecule has 2 N–H and O–H groups in total. The number of phenolic OH excluding ortho intramolecular Hbond substituents is 1. The Kier molecular flexibility index (Phi) is 4.97. The molecule has 0 aromatic heterocycles. The number of hydrogen-bond donors (Lipinski definition) is 2. The van der Waals surface area contributed by atoms with Crippen LogP contribution in [0.15, 0.2) is 24.3 Å². The summed E-state index contributed by atoms with van der Waals surface area (Å²) in [5, 5.41) is 11.6. The van der Waals surface area contributed by atoms with E-state index in [1.165, 1.54) is 13.0 Å². The molecule has 4 heteroatoms. The molecule has 60 valence electrons. The van der Waals surface area contributed by atoms with Crippen LogP contribution < -0.4 is 5.32 Å². The third-order valence-corrected chi connectivity index (χ3v) is 1.21. The zero-order valence-electron chi connectivity index (χ0n) is 6.16. The number of carbonyl (C=O) groups is 1. The predicted molar refractivity (Wildman–Crippen MR) is 49.6 cm³/mol. The fraction of sp³-hybridized carbons (Fsp3) is 0.125. The third-order valence-electron chi connectivity index (χ3n) is 1.21. The van der Waals surface area contributed by atoms with Crippen molar-refractivity contribution in [1.29, 1.82) is 0 Å². The fourth-order valence-corrected chi connectivity index (χ4v) is 0.769. The van der Waals surface area contributed by atoms with Gasteiger partial charge in [0.15, 0.2) is 0 Å². The molecule has 0 bridgehead atoms. The molecule has 0 saturated heterocycles. The summed E-state index contributed by atoms with van der Waals surface area (Å²) in [7, 11) is 0. The van der Waals surface area contributed by atoms with Crippen LogP contribution in [-0.4, -0.2) is 40.6 Å². The van der Waals surface area contributed by atoms with Gasteiger partial charge in [-0.3, -0.25) is 4.79 Å². The fourth-order valence-electron chi connectivity index (χ4n) is 0.769. The number of rotatable bonds is 1. The van der Waals surface area contributed by atoms with E-state index in [0.29, 0.717) is 5.69 Å². The number of aromatic hydroxyl groups is 1. The van der Waals surface area contributed by atoms with Gasteiger partial charge in [0.25, 0.3) is 0 Å². The first kappa shape index (κ1) is 11.5. The second kappa shape index (κ2) is 5.19. The minimum absolute atomic E-state index is 0. The molecule has 3 nitrogen and oxygen atoms in total. The van der Waals surface area contributed by atoms with Gasteiger partial charge in [0.2, 0.25) is 5.91 Å². The maximum atomic E-state index is 10.5. The molecule has 0 fully saturated rings. The van der Waals surface area contributed by atoms with E-state index in [0.717, 1.165) is 0 Å². The molecule has 1 amide bonds. The number of carbonyl (C=O) groups excluding carboxylic acids is 1. The molecule has 0 heterocycles. The van der Waals surface area contributed by atoms with Crippen molar-refractivity contribution in [1.82, 2.24) is 0 Å². The van der Waals surface area contributed by atoms with E-state index in [1.807, 2.05) is 0 Å². The monoisotopic (exact) mass is 175 g/mol. The summed E-state index contributed by atoms with van der Waals surface area (Å²) < 4.78 is 0. The number of para-hydroxylation sites is 2. The number of hydrogen-bond acceptors (Lipinski definition) is 2. The van der Waals surface area contributed by atoms with E-state index < -0.39 is 0 Å². The average molecular weight is 175 g/mol. The summed E-state index contributed by atoms with van der Waals surface area (Å²) in [6, 6.07) is 6.59. The Morgan fingerprint density at radius 3 is 2.50 bits per heavy atom. The number of phenols is 1. The number of amides is 1. The first-order chi connectivity index (χ1) is 5.20. The van der Waals surface area contributed by atoms with Gasteiger partial charge in [-0.2, -0.15) is 0 Å². The van der Waals surface area contributed by atoms with Gasteiger partial charge in [-0.05, 0) is 12.1 Å². The molecule has 0 spiro atoms. The molecule has 1 aromatic rings. The Balaban J connectivity index is 0.00000121. The van der Waals surface area contributed by atoms with E-state index in [9.17, 15) is 4.79 Å². The Hall–Kier alpha value is -0.510. The van der Waals surface area contributed by atoms with Crippen LogP contribution in [-0.2, 0) is 4.79 Å². The Labute approximate surface area is 93.1 Å². The second-order valence-corrected chi connectivity index (χ2v) is 2.20. The molecule has 0 aliphatic rings. The third kappa shape index (κ3) is 3.26. The van der Waals surface area contributed by atoms with Crippen molar-refractivity contribution >= 4 is 41.2 Å². The van der Waals surface area contributed by atoms with Crippen LogP contribution >= 0.6 is 0 Å². The van der Waals surface area contributed by atoms with Gasteiger partial charge in [-0.15, -0.1) is 0 Å². The molecule has 1 rings (SSSR count). The molecule has 1 aromatic carbocycles. The van der Waals surface area contributed by atoms with E-state index in [-0.39, 0.29) is 41.2 Å². The first-order valence-electron chi connectivity index (χ1n) is 3.26. The van der Waals surface area contributed by atoms with Crippen molar-refractivity contribution in [2.45, 2.75) is 6.92 Å². The zero-order chi connectivity index (χ0) is 8.27. The van der Waals surface area contributed by atoms with Crippen LogP contribution in [0.4, 0.5) is 5.69 Å². The molecular formula is C8H10NNaO2. The summed E-state index contributed by atoms with van der Waals surface area (Å²) >= 11 is 0. The van der Waals surface area contributed by atoms with E-state index in [4.69, 9.17) is 5.11 Å². The maximum absolute atomic E-state index is 10.5. The molecule has 0 unspecified atom stereocenters. The topological polar surface area (TPSA) is 49.3 Å². The van der Waals surface area contributed by atoms with Crippen molar-refractivity contribution in [2.24, 2.45) is 0 Å². The van der Waals surface area contributed by atoms with Crippen LogP contribution in [0.2, 0.25) is 0 Å². The van der Waals surface area contributed by atoms with Gasteiger partial charge in [-0.25, -0.2) is 0 Å². The summed E-state index contributed by atoms with van der Waals surface area (Å²) in [5.74, 6) is -0.103. The van der Waals surface area contributed by atoms with E-state index >= 15 is 0 Å². The number of benzene rings is 1. The van der Waals surface area contributed by atoms with Crippen molar-refractivity contribution in [3.63, 3.8) is 0 Å². The molecule has 0 aliphatic heterocycles. The quantitative estimate of drug-likeness (QED) is 0.487. The van der Waals surface area contributed by atoms with Crippen molar-refractivity contribution < 1.29 is 9.90 Å². The van der Waals surface area contributed by atoms with Crippen LogP contribution in [0.3, 0.4) is 0 Å². The summed E-state index contributed by atoms with van der Waals surface area (Å²) in [6.07, 6.45) is 0. The Morgan fingerprint density at radius 2 is 2.00 bits per heavy atom. The second-order valence-electron chi connectivity index (χ2n) is 2.20.